The topological polar surface area (TPSA) is 68.5 Å². The van der Waals surface area contributed by atoms with Crippen LogP contribution in [0, 0.1) is 12.7 Å². The molecule has 1 atom stereocenters. The Morgan fingerprint density at radius 2 is 2.04 bits per heavy atom. The number of halogens is 1. The number of ether oxygens (including phenoxy) is 1. The van der Waals surface area contributed by atoms with Crippen molar-refractivity contribution in [1.29, 1.82) is 0 Å². The number of aromatic nitrogens is 2. The van der Waals surface area contributed by atoms with Gasteiger partial charge in [0, 0.05) is 29.8 Å². The largest absolute Gasteiger partial charge is 0.494 e. The molecule has 0 radical (unpaired) electrons. The summed E-state index contributed by atoms with van der Waals surface area (Å²) in [6.07, 6.45) is 0.251. The average Bonchev–Trinajstić information content (AvgIpc) is 3.32. The first-order chi connectivity index (χ1) is 13.6. The van der Waals surface area contributed by atoms with Crippen LogP contribution in [0.1, 0.15) is 30.7 Å². The second kappa shape index (κ2) is 7.42. The third-order valence-electron chi connectivity index (χ3n) is 4.87. The van der Waals surface area contributed by atoms with Gasteiger partial charge in [0.15, 0.2) is 0 Å². The number of amides is 1. The van der Waals surface area contributed by atoms with Gasteiger partial charge in [-0.05, 0) is 50.2 Å². The first-order valence-corrected chi connectivity index (χ1v) is 9.19. The van der Waals surface area contributed by atoms with Crippen LogP contribution >= 0.6 is 0 Å². The first-order valence-electron chi connectivity index (χ1n) is 9.19. The van der Waals surface area contributed by atoms with E-state index in [9.17, 15) is 9.18 Å². The maximum atomic E-state index is 13.9. The molecule has 2 heterocycles. The monoisotopic (exact) mass is 381 g/mol. The smallest absolute Gasteiger partial charge is 0.232 e. The summed E-state index contributed by atoms with van der Waals surface area (Å²) >= 11 is 0. The van der Waals surface area contributed by atoms with Gasteiger partial charge in [0.05, 0.1) is 12.5 Å². The molecule has 1 aliphatic rings. The molecule has 1 amide bonds. The van der Waals surface area contributed by atoms with Gasteiger partial charge in [-0.2, -0.15) is 4.98 Å². The van der Waals surface area contributed by atoms with Crippen molar-refractivity contribution in [3.8, 4) is 17.1 Å². The number of nitrogens with zero attached hydrogens (tertiary/aromatic N) is 3. The molecule has 0 aliphatic carbocycles. The fraction of sp³-hybridized carbons (Fsp3) is 0.286. The van der Waals surface area contributed by atoms with E-state index < -0.39 is 0 Å². The fourth-order valence-corrected chi connectivity index (χ4v) is 3.38. The average molecular weight is 381 g/mol. The molecule has 1 fully saturated rings. The predicted molar refractivity (Wildman–Crippen MR) is 102 cm³/mol. The van der Waals surface area contributed by atoms with E-state index in [2.05, 4.69) is 10.1 Å². The standard InChI is InChI=1S/C21H20FN3O3/c1-3-27-16-9-7-14(8-10-16)20-23-21(28-24-20)15-11-19(26)25(12-15)18-6-4-5-17(22)13(18)2/h4-10,15H,3,11-12H2,1-2H3. The van der Waals surface area contributed by atoms with Crippen molar-refractivity contribution in [3.05, 3.63) is 59.7 Å². The molecule has 2 aromatic carbocycles. The van der Waals surface area contributed by atoms with E-state index in [1.54, 1.807) is 24.0 Å². The van der Waals surface area contributed by atoms with Crippen LogP contribution in [-0.2, 0) is 4.79 Å². The quantitative estimate of drug-likeness (QED) is 0.665. The summed E-state index contributed by atoms with van der Waals surface area (Å²) in [5.41, 5.74) is 1.84. The summed E-state index contributed by atoms with van der Waals surface area (Å²) in [5.74, 6) is 1.01. The lowest BCUT2D eigenvalue weighted by Gasteiger charge is -2.18. The van der Waals surface area contributed by atoms with Gasteiger partial charge < -0.3 is 14.2 Å². The highest BCUT2D eigenvalue weighted by Crippen LogP contribution is 2.34. The number of benzene rings is 2. The Labute approximate surface area is 161 Å². The summed E-state index contributed by atoms with van der Waals surface area (Å²) in [7, 11) is 0. The minimum absolute atomic E-state index is 0.0838. The van der Waals surface area contributed by atoms with Crippen LogP contribution in [0.5, 0.6) is 5.75 Å². The third kappa shape index (κ3) is 3.35. The highest BCUT2D eigenvalue weighted by atomic mass is 19.1. The number of rotatable bonds is 5. The zero-order valence-corrected chi connectivity index (χ0v) is 15.7. The molecule has 4 rings (SSSR count). The SMILES string of the molecule is CCOc1ccc(-c2noc(C3CC(=O)N(c4cccc(F)c4C)C3)n2)cc1. The molecule has 28 heavy (non-hydrogen) atoms. The van der Waals surface area contributed by atoms with Crippen molar-refractivity contribution >= 4 is 11.6 Å². The molecule has 0 bridgehead atoms. The van der Waals surface area contributed by atoms with Crippen LogP contribution in [0.3, 0.4) is 0 Å². The van der Waals surface area contributed by atoms with Crippen LogP contribution in [-0.4, -0.2) is 29.2 Å². The minimum atomic E-state index is -0.329. The first kappa shape index (κ1) is 18.2. The van der Waals surface area contributed by atoms with E-state index in [0.29, 0.717) is 36.1 Å². The van der Waals surface area contributed by atoms with Gasteiger partial charge in [0.25, 0.3) is 0 Å². The summed E-state index contributed by atoms with van der Waals surface area (Å²) in [6.45, 7) is 4.58. The molecule has 0 spiro atoms. The van der Waals surface area contributed by atoms with Gasteiger partial charge in [-0.15, -0.1) is 0 Å². The lowest BCUT2D eigenvalue weighted by atomic mass is 10.1. The second-order valence-corrected chi connectivity index (χ2v) is 6.70. The number of hydrogen-bond acceptors (Lipinski definition) is 5. The molecular weight excluding hydrogens is 361 g/mol. The Hall–Kier alpha value is -3.22. The van der Waals surface area contributed by atoms with E-state index in [4.69, 9.17) is 9.26 Å². The van der Waals surface area contributed by atoms with Crippen molar-refractivity contribution in [2.75, 3.05) is 18.1 Å². The normalized spacial score (nSPS) is 16.6. The van der Waals surface area contributed by atoms with Crippen molar-refractivity contribution < 1.29 is 18.4 Å². The highest BCUT2D eigenvalue weighted by molar-refractivity contribution is 5.97. The van der Waals surface area contributed by atoms with Crippen LogP contribution in [0.15, 0.2) is 47.0 Å². The van der Waals surface area contributed by atoms with Crippen molar-refractivity contribution in [2.45, 2.75) is 26.2 Å². The summed E-state index contributed by atoms with van der Waals surface area (Å²) in [4.78, 5) is 18.6. The maximum Gasteiger partial charge on any atom is 0.232 e. The van der Waals surface area contributed by atoms with E-state index in [-0.39, 0.29) is 24.1 Å². The number of carbonyl (C=O) groups is 1. The summed E-state index contributed by atoms with van der Waals surface area (Å²) in [5, 5.41) is 4.04. The zero-order chi connectivity index (χ0) is 19.7. The van der Waals surface area contributed by atoms with Gasteiger partial charge in [-0.25, -0.2) is 4.39 Å². The van der Waals surface area contributed by atoms with Gasteiger partial charge in [0.2, 0.25) is 17.6 Å². The Bertz CT molecular complexity index is 1000. The van der Waals surface area contributed by atoms with Gasteiger partial charge in [0.1, 0.15) is 11.6 Å². The molecule has 1 saturated heterocycles. The molecule has 0 saturated carbocycles. The molecule has 3 aromatic rings. The molecule has 1 unspecified atom stereocenters. The fourth-order valence-electron chi connectivity index (χ4n) is 3.38. The third-order valence-corrected chi connectivity index (χ3v) is 4.87. The van der Waals surface area contributed by atoms with Gasteiger partial charge in [-0.3, -0.25) is 4.79 Å². The lowest BCUT2D eigenvalue weighted by Crippen LogP contribution is -2.25. The van der Waals surface area contributed by atoms with E-state index in [1.807, 2.05) is 31.2 Å². The summed E-state index contributed by atoms with van der Waals surface area (Å²) in [6, 6.07) is 12.2. The molecule has 6 nitrogen and oxygen atoms in total. The van der Waals surface area contributed by atoms with E-state index >= 15 is 0 Å². The van der Waals surface area contributed by atoms with E-state index in [0.717, 1.165) is 11.3 Å². The molecule has 7 heteroatoms. The molecule has 1 aromatic heterocycles. The van der Waals surface area contributed by atoms with Crippen LogP contribution in [0.25, 0.3) is 11.4 Å². The number of hydrogen-bond donors (Lipinski definition) is 0. The van der Waals surface area contributed by atoms with Crippen LogP contribution in [0.2, 0.25) is 0 Å². The maximum absolute atomic E-state index is 13.9. The highest BCUT2D eigenvalue weighted by Gasteiger charge is 2.36. The van der Waals surface area contributed by atoms with Crippen LogP contribution in [0.4, 0.5) is 10.1 Å². The van der Waals surface area contributed by atoms with Gasteiger partial charge >= 0.3 is 0 Å². The predicted octanol–water partition coefficient (Wildman–Crippen LogP) is 4.10. The second-order valence-electron chi connectivity index (χ2n) is 6.70. The Balaban J connectivity index is 1.53. The number of carbonyl (C=O) groups excluding carboxylic acids is 1. The van der Waals surface area contributed by atoms with Crippen molar-refractivity contribution in [1.82, 2.24) is 10.1 Å². The Kier molecular flexibility index (Phi) is 4.81. The Morgan fingerprint density at radius 3 is 2.79 bits per heavy atom. The molecular formula is C21H20FN3O3. The molecule has 0 N–H and O–H groups in total. The van der Waals surface area contributed by atoms with E-state index in [1.165, 1.54) is 6.07 Å². The number of anilines is 1. The zero-order valence-electron chi connectivity index (χ0n) is 15.7. The van der Waals surface area contributed by atoms with Gasteiger partial charge in [-0.1, -0.05) is 11.2 Å². The van der Waals surface area contributed by atoms with Crippen LogP contribution < -0.4 is 9.64 Å². The van der Waals surface area contributed by atoms with Crippen molar-refractivity contribution in [3.63, 3.8) is 0 Å². The lowest BCUT2D eigenvalue weighted by molar-refractivity contribution is -0.117. The molecule has 1 aliphatic heterocycles. The summed E-state index contributed by atoms with van der Waals surface area (Å²) < 4.78 is 24.7. The Morgan fingerprint density at radius 1 is 1.25 bits per heavy atom. The minimum Gasteiger partial charge on any atom is -0.494 e. The van der Waals surface area contributed by atoms with Crippen molar-refractivity contribution in [2.24, 2.45) is 0 Å². The molecule has 144 valence electrons.